The number of urea groups is 1. The Balaban J connectivity index is 1.78. The standard InChI is InChI=1S/C12H19N5O3/c1-9(10-6-13-14-7-10)15-12(20)17-4-2-16(3-5-17)8-11(18)19/h6-7,9H,2-5,8H2,1H3,(H,13,14)(H,15,20)(H,18,19). The summed E-state index contributed by atoms with van der Waals surface area (Å²) in [6, 6.07) is -0.244. The fourth-order valence-electron chi connectivity index (χ4n) is 2.16. The highest BCUT2D eigenvalue weighted by atomic mass is 16.4. The van der Waals surface area contributed by atoms with Crippen molar-refractivity contribution in [2.24, 2.45) is 0 Å². The number of aromatic nitrogens is 2. The first-order valence-corrected chi connectivity index (χ1v) is 6.54. The minimum absolute atomic E-state index is 0.0287. The van der Waals surface area contributed by atoms with Crippen LogP contribution in [0.25, 0.3) is 0 Å². The minimum Gasteiger partial charge on any atom is -0.480 e. The van der Waals surface area contributed by atoms with Crippen LogP contribution < -0.4 is 5.32 Å². The quantitative estimate of drug-likeness (QED) is 0.714. The molecule has 8 heteroatoms. The van der Waals surface area contributed by atoms with Gasteiger partial charge in [0.1, 0.15) is 0 Å². The van der Waals surface area contributed by atoms with Gasteiger partial charge < -0.3 is 15.3 Å². The van der Waals surface area contributed by atoms with Crippen molar-refractivity contribution in [3.63, 3.8) is 0 Å². The van der Waals surface area contributed by atoms with Crippen LogP contribution in [-0.2, 0) is 4.79 Å². The summed E-state index contributed by atoms with van der Waals surface area (Å²) >= 11 is 0. The van der Waals surface area contributed by atoms with E-state index in [0.717, 1.165) is 5.56 Å². The molecule has 1 aliphatic rings. The van der Waals surface area contributed by atoms with E-state index in [1.165, 1.54) is 0 Å². The van der Waals surface area contributed by atoms with Gasteiger partial charge in [0.2, 0.25) is 0 Å². The third-order valence-electron chi connectivity index (χ3n) is 3.38. The first-order chi connectivity index (χ1) is 9.56. The summed E-state index contributed by atoms with van der Waals surface area (Å²) in [4.78, 5) is 26.2. The summed E-state index contributed by atoms with van der Waals surface area (Å²) in [6.45, 7) is 4.17. The zero-order chi connectivity index (χ0) is 14.5. The molecule has 2 amide bonds. The predicted molar refractivity (Wildman–Crippen MR) is 71.2 cm³/mol. The lowest BCUT2D eigenvalue weighted by Crippen LogP contribution is -2.52. The van der Waals surface area contributed by atoms with Gasteiger partial charge in [0.05, 0.1) is 18.8 Å². The van der Waals surface area contributed by atoms with Gasteiger partial charge in [0.25, 0.3) is 0 Å². The maximum atomic E-state index is 12.1. The third-order valence-corrected chi connectivity index (χ3v) is 3.38. The molecule has 0 saturated carbocycles. The Morgan fingerprint density at radius 2 is 2.15 bits per heavy atom. The van der Waals surface area contributed by atoms with E-state index in [1.807, 2.05) is 11.8 Å². The molecule has 2 rings (SSSR count). The van der Waals surface area contributed by atoms with Crippen LogP contribution in [-0.4, -0.2) is 69.8 Å². The van der Waals surface area contributed by atoms with E-state index in [0.29, 0.717) is 26.2 Å². The number of nitrogens with one attached hydrogen (secondary N) is 2. The summed E-state index contributed by atoms with van der Waals surface area (Å²) < 4.78 is 0. The van der Waals surface area contributed by atoms with Crippen molar-refractivity contribution in [2.75, 3.05) is 32.7 Å². The smallest absolute Gasteiger partial charge is 0.317 e. The highest BCUT2D eigenvalue weighted by Gasteiger charge is 2.23. The van der Waals surface area contributed by atoms with E-state index in [4.69, 9.17) is 5.11 Å². The van der Waals surface area contributed by atoms with Crippen LogP contribution in [0.15, 0.2) is 12.4 Å². The van der Waals surface area contributed by atoms with Crippen LogP contribution in [0.3, 0.4) is 0 Å². The van der Waals surface area contributed by atoms with E-state index >= 15 is 0 Å². The maximum absolute atomic E-state index is 12.1. The molecule has 3 N–H and O–H groups in total. The Labute approximate surface area is 116 Å². The summed E-state index contributed by atoms with van der Waals surface area (Å²) in [6.07, 6.45) is 3.42. The summed E-state index contributed by atoms with van der Waals surface area (Å²) in [5.74, 6) is -0.837. The lowest BCUT2D eigenvalue weighted by Gasteiger charge is -2.34. The number of rotatable bonds is 4. The van der Waals surface area contributed by atoms with Crippen molar-refractivity contribution < 1.29 is 14.7 Å². The molecular formula is C12H19N5O3. The topological polar surface area (TPSA) is 102 Å². The molecule has 1 fully saturated rings. The van der Waals surface area contributed by atoms with Gasteiger partial charge in [-0.05, 0) is 6.92 Å². The second-order valence-corrected chi connectivity index (χ2v) is 4.86. The lowest BCUT2D eigenvalue weighted by molar-refractivity contribution is -0.138. The van der Waals surface area contributed by atoms with Crippen LogP contribution in [0, 0.1) is 0 Å². The van der Waals surface area contributed by atoms with Crippen LogP contribution in [0.5, 0.6) is 0 Å². The number of H-pyrrole nitrogens is 1. The average molecular weight is 281 g/mol. The van der Waals surface area contributed by atoms with Gasteiger partial charge in [0, 0.05) is 37.9 Å². The molecule has 1 aromatic heterocycles. The zero-order valence-electron chi connectivity index (χ0n) is 11.4. The number of hydrogen-bond acceptors (Lipinski definition) is 4. The second-order valence-electron chi connectivity index (χ2n) is 4.86. The molecule has 2 heterocycles. The molecule has 1 aliphatic heterocycles. The molecule has 0 bridgehead atoms. The summed E-state index contributed by atoms with van der Waals surface area (Å²) in [7, 11) is 0. The molecule has 1 saturated heterocycles. The van der Waals surface area contributed by atoms with E-state index in [9.17, 15) is 9.59 Å². The van der Waals surface area contributed by atoms with Crippen LogP contribution in [0.2, 0.25) is 0 Å². The molecule has 20 heavy (non-hydrogen) atoms. The van der Waals surface area contributed by atoms with Crippen LogP contribution in [0.4, 0.5) is 4.79 Å². The number of amides is 2. The van der Waals surface area contributed by atoms with Crippen LogP contribution >= 0.6 is 0 Å². The Bertz CT molecular complexity index is 454. The van der Waals surface area contributed by atoms with Gasteiger partial charge in [-0.3, -0.25) is 14.8 Å². The van der Waals surface area contributed by atoms with E-state index in [-0.39, 0.29) is 18.6 Å². The van der Waals surface area contributed by atoms with Crippen molar-refractivity contribution in [1.82, 2.24) is 25.3 Å². The monoisotopic (exact) mass is 281 g/mol. The normalized spacial score (nSPS) is 17.8. The number of carbonyl (C=O) groups excluding carboxylic acids is 1. The molecule has 0 radical (unpaired) electrons. The minimum atomic E-state index is -0.837. The SMILES string of the molecule is CC(NC(=O)N1CCN(CC(=O)O)CC1)c1cn[nH]c1. The third kappa shape index (κ3) is 3.70. The number of aliphatic carboxylic acids is 1. The Hall–Kier alpha value is -2.09. The van der Waals surface area contributed by atoms with Gasteiger partial charge in [-0.1, -0.05) is 0 Å². The number of nitrogens with zero attached hydrogens (tertiary/aromatic N) is 3. The highest BCUT2D eigenvalue weighted by Crippen LogP contribution is 2.10. The summed E-state index contributed by atoms with van der Waals surface area (Å²) in [5.41, 5.74) is 0.919. The Morgan fingerprint density at radius 3 is 2.70 bits per heavy atom. The van der Waals surface area contributed by atoms with Gasteiger partial charge in [-0.15, -0.1) is 0 Å². The molecule has 1 unspecified atom stereocenters. The molecular weight excluding hydrogens is 262 g/mol. The van der Waals surface area contributed by atoms with Gasteiger partial charge in [0.15, 0.2) is 0 Å². The lowest BCUT2D eigenvalue weighted by atomic mass is 10.2. The first-order valence-electron chi connectivity index (χ1n) is 6.54. The van der Waals surface area contributed by atoms with Crippen molar-refractivity contribution >= 4 is 12.0 Å². The molecule has 0 spiro atoms. The molecule has 110 valence electrons. The summed E-state index contributed by atoms with van der Waals surface area (Å²) in [5, 5.41) is 18.2. The number of hydrogen-bond donors (Lipinski definition) is 3. The Morgan fingerprint density at radius 1 is 1.45 bits per heavy atom. The van der Waals surface area contributed by atoms with E-state index in [2.05, 4.69) is 15.5 Å². The van der Waals surface area contributed by atoms with Crippen molar-refractivity contribution in [1.29, 1.82) is 0 Å². The van der Waals surface area contributed by atoms with E-state index in [1.54, 1.807) is 17.3 Å². The molecule has 8 nitrogen and oxygen atoms in total. The van der Waals surface area contributed by atoms with Gasteiger partial charge in [-0.2, -0.15) is 5.10 Å². The number of carbonyl (C=O) groups is 2. The maximum Gasteiger partial charge on any atom is 0.317 e. The highest BCUT2D eigenvalue weighted by molar-refractivity contribution is 5.75. The van der Waals surface area contributed by atoms with Gasteiger partial charge >= 0.3 is 12.0 Å². The van der Waals surface area contributed by atoms with Crippen molar-refractivity contribution in [3.8, 4) is 0 Å². The molecule has 0 aliphatic carbocycles. The second kappa shape index (κ2) is 6.38. The van der Waals surface area contributed by atoms with Crippen molar-refractivity contribution in [3.05, 3.63) is 18.0 Å². The number of piperazine rings is 1. The molecule has 1 aromatic rings. The van der Waals surface area contributed by atoms with E-state index < -0.39 is 5.97 Å². The number of aromatic amines is 1. The number of carboxylic acids is 1. The van der Waals surface area contributed by atoms with Gasteiger partial charge in [-0.25, -0.2) is 4.79 Å². The fourth-order valence-corrected chi connectivity index (χ4v) is 2.16. The predicted octanol–water partition coefficient (Wildman–Crippen LogP) is -0.117. The first kappa shape index (κ1) is 14.3. The van der Waals surface area contributed by atoms with Crippen molar-refractivity contribution in [2.45, 2.75) is 13.0 Å². The fraction of sp³-hybridized carbons (Fsp3) is 0.583. The number of carboxylic acid groups (broad SMARTS) is 1. The average Bonchev–Trinajstić information content (AvgIpc) is 2.92. The molecule has 0 aromatic carbocycles. The zero-order valence-corrected chi connectivity index (χ0v) is 11.4. The van der Waals surface area contributed by atoms with Crippen LogP contribution in [0.1, 0.15) is 18.5 Å². The largest absolute Gasteiger partial charge is 0.480 e. The Kier molecular flexibility index (Phi) is 4.57. The molecule has 1 atom stereocenters.